The first-order valence-corrected chi connectivity index (χ1v) is 11.6. The summed E-state index contributed by atoms with van der Waals surface area (Å²) < 4.78 is 11.5. The fourth-order valence-corrected chi connectivity index (χ4v) is 5.51. The van der Waals surface area contributed by atoms with E-state index in [9.17, 15) is 20.2 Å². The second-order valence-electron chi connectivity index (χ2n) is 7.31. The molecule has 0 fully saturated rings. The fourth-order valence-electron chi connectivity index (χ4n) is 3.75. The predicted octanol–water partition coefficient (Wildman–Crippen LogP) is 2.99. The van der Waals surface area contributed by atoms with Gasteiger partial charge in [-0.05, 0) is 36.2 Å². The van der Waals surface area contributed by atoms with E-state index in [-0.39, 0.29) is 23.1 Å². The molecule has 2 atom stereocenters. The SMILES string of the molecule is COc1ccc([C@@H](Cc2c(Cl)c[n+](O)cc2Cl)C(C(=O)[O-])c2ccc(CCO)s2)cc1OC. The Kier molecular flexibility index (Phi) is 8.42. The number of thiophene rings is 1. The highest BCUT2D eigenvalue weighted by Crippen LogP contribution is 2.43. The largest absolute Gasteiger partial charge is 0.549 e. The second-order valence-corrected chi connectivity index (χ2v) is 9.33. The number of ether oxygens (including phenoxy) is 2. The van der Waals surface area contributed by atoms with Crippen LogP contribution in [0, 0.1) is 0 Å². The van der Waals surface area contributed by atoms with Gasteiger partial charge >= 0.3 is 0 Å². The molecule has 0 amide bonds. The molecule has 0 saturated heterocycles. The Hall–Kier alpha value is -2.52. The van der Waals surface area contributed by atoms with Crippen molar-refractivity contribution in [1.82, 2.24) is 0 Å². The van der Waals surface area contributed by atoms with Gasteiger partial charge in [0.2, 0.25) is 12.4 Å². The highest BCUT2D eigenvalue weighted by molar-refractivity contribution is 7.12. The molecule has 2 N–H and O–H groups in total. The summed E-state index contributed by atoms with van der Waals surface area (Å²) in [6, 6.07) is 8.73. The van der Waals surface area contributed by atoms with Gasteiger partial charge in [0.1, 0.15) is 10.0 Å². The molecule has 10 heteroatoms. The Morgan fingerprint density at radius 1 is 1.12 bits per heavy atom. The maximum absolute atomic E-state index is 12.5. The molecule has 176 valence electrons. The summed E-state index contributed by atoms with van der Waals surface area (Å²) in [5, 5.41) is 31.8. The Balaban J connectivity index is 2.15. The van der Waals surface area contributed by atoms with E-state index in [0.29, 0.717) is 33.9 Å². The Morgan fingerprint density at radius 3 is 2.36 bits per heavy atom. The Bertz CT molecular complexity index is 1110. The summed E-state index contributed by atoms with van der Waals surface area (Å²) in [6.07, 6.45) is 3.15. The monoisotopic (exact) mass is 511 g/mol. The number of rotatable bonds is 10. The van der Waals surface area contributed by atoms with Crippen LogP contribution < -0.4 is 19.3 Å². The maximum Gasteiger partial charge on any atom is 0.241 e. The van der Waals surface area contributed by atoms with Crippen LogP contribution in [0.1, 0.15) is 32.7 Å². The number of hydrogen-bond donors (Lipinski definition) is 2. The van der Waals surface area contributed by atoms with Crippen molar-refractivity contribution >= 4 is 40.5 Å². The first-order valence-electron chi connectivity index (χ1n) is 9.99. The van der Waals surface area contributed by atoms with Crippen LogP contribution in [0.3, 0.4) is 0 Å². The molecule has 0 saturated carbocycles. The molecule has 0 aliphatic carbocycles. The van der Waals surface area contributed by atoms with Crippen molar-refractivity contribution in [2.45, 2.75) is 24.7 Å². The lowest BCUT2D eigenvalue weighted by molar-refractivity contribution is -0.904. The average Bonchev–Trinajstić information content (AvgIpc) is 3.22. The van der Waals surface area contributed by atoms with Gasteiger partial charge in [-0.2, -0.15) is 0 Å². The normalized spacial score (nSPS) is 12.9. The predicted molar refractivity (Wildman–Crippen MR) is 123 cm³/mol. The van der Waals surface area contributed by atoms with E-state index in [4.69, 9.17) is 32.7 Å². The quantitative estimate of drug-likeness (QED) is 0.320. The first-order chi connectivity index (χ1) is 15.8. The van der Waals surface area contributed by atoms with E-state index < -0.39 is 17.8 Å². The molecular formula is C23H23Cl2NO6S. The zero-order valence-electron chi connectivity index (χ0n) is 18.0. The molecule has 2 aromatic heterocycles. The minimum absolute atomic E-state index is 0.0363. The number of halogens is 2. The number of hydrogen-bond acceptors (Lipinski definition) is 7. The molecule has 33 heavy (non-hydrogen) atoms. The molecule has 1 unspecified atom stereocenters. The van der Waals surface area contributed by atoms with Crippen molar-refractivity contribution in [1.29, 1.82) is 0 Å². The number of methoxy groups -OCH3 is 2. The third-order valence-electron chi connectivity index (χ3n) is 5.33. The Morgan fingerprint density at radius 2 is 1.79 bits per heavy atom. The van der Waals surface area contributed by atoms with Gasteiger partial charge in [-0.3, -0.25) is 5.21 Å². The highest BCUT2D eigenvalue weighted by Gasteiger charge is 2.31. The van der Waals surface area contributed by atoms with Gasteiger partial charge in [-0.25, -0.2) is 0 Å². The van der Waals surface area contributed by atoms with Crippen LogP contribution in [0.2, 0.25) is 10.0 Å². The van der Waals surface area contributed by atoms with Gasteiger partial charge in [0.25, 0.3) is 0 Å². The lowest BCUT2D eigenvalue weighted by atomic mass is 9.80. The zero-order valence-corrected chi connectivity index (χ0v) is 20.3. The van der Waals surface area contributed by atoms with Crippen molar-refractivity contribution in [3.8, 4) is 11.5 Å². The number of carboxylic acids is 1. The summed E-state index contributed by atoms with van der Waals surface area (Å²) >= 11 is 14.0. The second kappa shape index (κ2) is 11.1. The van der Waals surface area contributed by atoms with E-state index in [1.54, 1.807) is 30.3 Å². The number of aromatic nitrogens is 1. The average molecular weight is 512 g/mol. The van der Waals surface area contributed by atoms with Crippen LogP contribution in [0.25, 0.3) is 0 Å². The first kappa shape index (κ1) is 25.1. The van der Waals surface area contributed by atoms with Gasteiger partial charge in [0.05, 0.1) is 20.2 Å². The molecule has 0 aliphatic rings. The van der Waals surface area contributed by atoms with E-state index in [2.05, 4.69) is 0 Å². The number of aliphatic carboxylic acids is 1. The van der Waals surface area contributed by atoms with Crippen LogP contribution in [0.5, 0.6) is 11.5 Å². The van der Waals surface area contributed by atoms with Gasteiger partial charge in [0, 0.05) is 44.9 Å². The maximum atomic E-state index is 12.5. The topological polar surface area (TPSA) is 103 Å². The summed E-state index contributed by atoms with van der Waals surface area (Å²) in [6.45, 7) is -0.0363. The third kappa shape index (κ3) is 5.70. The minimum Gasteiger partial charge on any atom is -0.549 e. The molecule has 2 heterocycles. The van der Waals surface area contributed by atoms with Crippen LogP contribution >= 0.6 is 34.5 Å². The van der Waals surface area contributed by atoms with Gasteiger partial charge in [-0.1, -0.05) is 29.3 Å². The molecule has 0 aliphatic heterocycles. The number of carbonyl (C=O) groups excluding carboxylic acids is 1. The van der Waals surface area contributed by atoms with Gasteiger partial charge in [-0.15, -0.1) is 11.3 Å². The number of aliphatic hydroxyl groups excluding tert-OH is 1. The van der Waals surface area contributed by atoms with E-state index in [1.165, 1.54) is 38.0 Å². The molecule has 1 aromatic carbocycles. The van der Waals surface area contributed by atoms with E-state index >= 15 is 0 Å². The van der Waals surface area contributed by atoms with E-state index in [0.717, 1.165) is 9.61 Å². The fraction of sp³-hybridized carbons (Fsp3) is 0.304. The van der Waals surface area contributed by atoms with Crippen LogP contribution in [-0.4, -0.2) is 37.1 Å². The van der Waals surface area contributed by atoms with Gasteiger partial charge < -0.3 is 24.5 Å². The Labute approximate surface area is 205 Å². The summed E-state index contributed by atoms with van der Waals surface area (Å²) in [5.74, 6) is -1.98. The molecule has 0 radical (unpaired) electrons. The molecule has 0 spiro atoms. The number of benzene rings is 1. The molecule has 0 bridgehead atoms. The number of carbonyl (C=O) groups is 1. The van der Waals surface area contributed by atoms with Crippen molar-refractivity contribution in [2.75, 3.05) is 20.8 Å². The minimum atomic E-state index is -1.26. The molecular weight excluding hydrogens is 489 g/mol. The van der Waals surface area contributed by atoms with E-state index in [1.807, 2.05) is 0 Å². The highest BCUT2D eigenvalue weighted by atomic mass is 35.5. The summed E-state index contributed by atoms with van der Waals surface area (Å²) in [4.78, 5) is 13.9. The molecule has 3 rings (SSSR count). The third-order valence-corrected chi connectivity index (χ3v) is 7.21. The zero-order chi connectivity index (χ0) is 24.1. The van der Waals surface area contributed by atoms with Crippen LogP contribution in [-0.2, 0) is 17.6 Å². The van der Waals surface area contributed by atoms with Crippen LogP contribution in [0.4, 0.5) is 0 Å². The lowest BCUT2D eigenvalue weighted by Gasteiger charge is -2.29. The molecule has 3 aromatic rings. The van der Waals surface area contributed by atoms with Crippen molar-refractivity contribution in [2.24, 2.45) is 0 Å². The summed E-state index contributed by atoms with van der Waals surface area (Å²) in [5.41, 5.74) is 1.15. The standard InChI is InChI=1S/C23H23Cl2NO6S/c1-31-19-5-3-13(9-20(19)32-2)15(10-16-17(24)11-26(30)12-18(16)25)22(23(28)29)21-6-4-14(33-21)7-8-27/h3-6,9,11-12,15,22,27H,7-8,10H2,1-2H3,(H-,28,29,30)/t15-,22?/m1/s1. The van der Waals surface area contributed by atoms with Gasteiger partial charge in [0.15, 0.2) is 11.5 Å². The van der Waals surface area contributed by atoms with Crippen molar-refractivity contribution in [3.63, 3.8) is 0 Å². The number of aliphatic hydroxyl groups is 1. The van der Waals surface area contributed by atoms with Crippen molar-refractivity contribution < 1.29 is 34.4 Å². The number of nitrogens with zero attached hydrogens (tertiary/aromatic N) is 1. The molecule has 7 nitrogen and oxygen atoms in total. The number of pyridine rings is 1. The smallest absolute Gasteiger partial charge is 0.241 e. The summed E-state index contributed by atoms with van der Waals surface area (Å²) in [7, 11) is 3.01. The lowest BCUT2D eigenvalue weighted by Crippen LogP contribution is -2.34. The van der Waals surface area contributed by atoms with Crippen LogP contribution in [0.15, 0.2) is 42.7 Å². The van der Waals surface area contributed by atoms with Crippen molar-refractivity contribution in [3.05, 3.63) is 73.7 Å². The number of carboxylic acid groups (broad SMARTS) is 1.